The van der Waals surface area contributed by atoms with Crippen LogP contribution in [0.2, 0.25) is 0 Å². The van der Waals surface area contributed by atoms with Gasteiger partial charge in [-0.3, -0.25) is 0 Å². The summed E-state index contributed by atoms with van der Waals surface area (Å²) in [7, 11) is 0. The Hall–Kier alpha value is -5.79. The Morgan fingerprint density at radius 1 is 0.565 bits per heavy atom. The molecule has 0 aliphatic rings. The van der Waals surface area contributed by atoms with Crippen LogP contribution in [0.4, 0.5) is 0 Å². The third kappa shape index (κ3) is 4.20. The molecule has 0 saturated carbocycles. The van der Waals surface area contributed by atoms with Crippen LogP contribution >= 0.6 is 0 Å². The number of aromatic nitrogens is 2. The molecule has 0 bridgehead atoms. The zero-order chi connectivity index (χ0) is 31.7. The van der Waals surface area contributed by atoms with E-state index >= 15 is 0 Å². The molecular weight excluding hydrogens is 562 g/mol. The van der Waals surface area contributed by atoms with Crippen LogP contribution in [0.15, 0.2) is 121 Å². The van der Waals surface area contributed by atoms with E-state index in [2.05, 4.69) is 122 Å². The Morgan fingerprint density at radius 2 is 1.11 bits per heavy atom. The molecule has 8 rings (SSSR count). The van der Waals surface area contributed by atoms with Crippen molar-refractivity contribution in [1.29, 1.82) is 5.26 Å². The highest BCUT2D eigenvalue weighted by Gasteiger charge is 2.20. The lowest BCUT2D eigenvalue weighted by atomic mass is 9.86. The number of hydrogen-bond acceptors (Lipinski definition) is 2. The SMILES string of the molecule is Cc1ccc(-n2c3ccccc3c3cc(C#N)ccc32)cc1-c1cc(-n2c3ccccc3c3cc(C(C)(C)C)ccc32)ccc1O. The molecule has 0 atom stereocenters. The first kappa shape index (κ1) is 27.7. The van der Waals surface area contributed by atoms with Gasteiger partial charge in [0.2, 0.25) is 0 Å². The van der Waals surface area contributed by atoms with Gasteiger partial charge in [0.1, 0.15) is 5.75 Å². The fraction of sp³-hybridized carbons (Fsp3) is 0.119. The van der Waals surface area contributed by atoms with Crippen LogP contribution in [0.25, 0.3) is 66.1 Å². The number of nitriles is 1. The van der Waals surface area contributed by atoms with E-state index < -0.39 is 0 Å². The van der Waals surface area contributed by atoms with Crippen molar-refractivity contribution >= 4 is 43.6 Å². The van der Waals surface area contributed by atoms with Gasteiger partial charge in [0, 0.05) is 38.5 Å². The third-order valence-electron chi connectivity index (χ3n) is 9.35. The maximum absolute atomic E-state index is 11.3. The minimum Gasteiger partial charge on any atom is -0.507 e. The van der Waals surface area contributed by atoms with Gasteiger partial charge in [0.05, 0.1) is 33.7 Å². The van der Waals surface area contributed by atoms with E-state index in [1.54, 1.807) is 0 Å². The molecule has 2 heterocycles. The van der Waals surface area contributed by atoms with Gasteiger partial charge in [-0.2, -0.15) is 5.26 Å². The molecule has 0 aliphatic carbocycles. The lowest BCUT2D eigenvalue weighted by Crippen LogP contribution is -2.10. The number of nitrogens with zero attached hydrogens (tertiary/aromatic N) is 3. The predicted octanol–water partition coefficient (Wildman–Crippen LogP) is 10.7. The molecule has 0 spiro atoms. The van der Waals surface area contributed by atoms with E-state index in [1.807, 2.05) is 42.5 Å². The third-order valence-corrected chi connectivity index (χ3v) is 9.35. The van der Waals surface area contributed by atoms with Crippen LogP contribution in [0, 0.1) is 18.3 Å². The Labute approximate surface area is 268 Å². The van der Waals surface area contributed by atoms with Crippen molar-refractivity contribution in [3.05, 3.63) is 138 Å². The van der Waals surface area contributed by atoms with Crippen molar-refractivity contribution in [2.24, 2.45) is 0 Å². The molecule has 0 unspecified atom stereocenters. The van der Waals surface area contributed by atoms with Crippen molar-refractivity contribution in [1.82, 2.24) is 9.13 Å². The van der Waals surface area contributed by atoms with Gasteiger partial charge in [0.25, 0.3) is 0 Å². The average Bonchev–Trinajstić information content (AvgIpc) is 3.57. The first-order valence-electron chi connectivity index (χ1n) is 15.6. The lowest BCUT2D eigenvalue weighted by Gasteiger charge is -2.19. The quantitative estimate of drug-likeness (QED) is 0.221. The van der Waals surface area contributed by atoms with E-state index in [-0.39, 0.29) is 11.2 Å². The number of hydrogen-bond donors (Lipinski definition) is 1. The number of phenolic OH excluding ortho intramolecular Hbond substituents is 1. The monoisotopic (exact) mass is 595 g/mol. The van der Waals surface area contributed by atoms with Gasteiger partial charge < -0.3 is 14.2 Å². The Kier molecular flexibility index (Phi) is 6.10. The maximum Gasteiger partial charge on any atom is 0.123 e. The summed E-state index contributed by atoms with van der Waals surface area (Å²) < 4.78 is 4.55. The molecule has 0 saturated heterocycles. The summed E-state index contributed by atoms with van der Waals surface area (Å²) in [5.74, 6) is 0.237. The number of aromatic hydroxyl groups is 1. The second-order valence-corrected chi connectivity index (χ2v) is 13.2. The van der Waals surface area contributed by atoms with Gasteiger partial charge in [-0.05, 0) is 102 Å². The van der Waals surface area contributed by atoms with Crippen molar-refractivity contribution < 1.29 is 5.11 Å². The summed E-state index contributed by atoms with van der Waals surface area (Å²) in [5.41, 5.74) is 11.2. The summed E-state index contributed by atoms with van der Waals surface area (Å²) in [6, 6.07) is 44.1. The minimum atomic E-state index is 0.0417. The van der Waals surface area contributed by atoms with Crippen molar-refractivity contribution in [3.8, 4) is 34.3 Å². The molecule has 1 N–H and O–H groups in total. The zero-order valence-electron chi connectivity index (χ0n) is 26.3. The van der Waals surface area contributed by atoms with Crippen LogP contribution in [-0.2, 0) is 5.41 Å². The highest BCUT2D eigenvalue weighted by Crippen LogP contribution is 2.40. The second-order valence-electron chi connectivity index (χ2n) is 13.2. The lowest BCUT2D eigenvalue weighted by molar-refractivity contribution is 0.477. The molecule has 4 heteroatoms. The first-order chi connectivity index (χ1) is 22.2. The molecule has 222 valence electrons. The summed E-state index contributed by atoms with van der Waals surface area (Å²) >= 11 is 0. The van der Waals surface area contributed by atoms with Gasteiger partial charge >= 0.3 is 0 Å². The molecule has 8 aromatic rings. The molecule has 4 nitrogen and oxygen atoms in total. The van der Waals surface area contributed by atoms with Crippen molar-refractivity contribution in [3.63, 3.8) is 0 Å². The normalized spacial score (nSPS) is 12.0. The van der Waals surface area contributed by atoms with E-state index in [1.165, 1.54) is 16.3 Å². The highest BCUT2D eigenvalue weighted by molar-refractivity contribution is 6.10. The number of aryl methyl sites for hydroxylation is 1. The summed E-state index contributed by atoms with van der Waals surface area (Å²) in [4.78, 5) is 0. The number of rotatable bonds is 3. The van der Waals surface area contributed by atoms with E-state index in [9.17, 15) is 10.4 Å². The summed E-state index contributed by atoms with van der Waals surface area (Å²) in [5, 5.41) is 25.5. The van der Waals surface area contributed by atoms with Gasteiger partial charge in [0.15, 0.2) is 0 Å². The fourth-order valence-electron chi connectivity index (χ4n) is 6.96. The minimum absolute atomic E-state index is 0.0417. The molecule has 0 aliphatic heterocycles. The molecule has 0 amide bonds. The average molecular weight is 596 g/mol. The number of fused-ring (bicyclic) bond motifs is 6. The number of benzene rings is 6. The van der Waals surface area contributed by atoms with Crippen LogP contribution in [0.1, 0.15) is 37.5 Å². The zero-order valence-corrected chi connectivity index (χ0v) is 26.3. The molecular formula is C42H33N3O. The molecule has 2 aromatic heterocycles. The van der Waals surface area contributed by atoms with Crippen molar-refractivity contribution in [2.45, 2.75) is 33.1 Å². The second kappa shape index (κ2) is 10.1. The van der Waals surface area contributed by atoms with Crippen LogP contribution < -0.4 is 0 Å². The van der Waals surface area contributed by atoms with Crippen LogP contribution in [0.5, 0.6) is 5.75 Å². The fourth-order valence-corrected chi connectivity index (χ4v) is 6.96. The summed E-state index contributed by atoms with van der Waals surface area (Å²) in [6.07, 6.45) is 0. The van der Waals surface area contributed by atoms with Gasteiger partial charge in [-0.15, -0.1) is 0 Å². The van der Waals surface area contributed by atoms with E-state index in [4.69, 9.17) is 0 Å². The van der Waals surface area contributed by atoms with Crippen molar-refractivity contribution in [2.75, 3.05) is 0 Å². The predicted molar refractivity (Wildman–Crippen MR) is 190 cm³/mol. The standard InChI is InChI=1S/C42H33N3O/c1-26-13-16-29(44-37-11-7-5-9-31(37)34-21-27(25-43)14-18-39(34)44)23-33(26)36-24-30(17-20-41(36)46)45-38-12-8-6-10-32(38)35-22-28(42(2,3)4)15-19-40(35)45/h5-24,46H,1-4H3. The Balaban J connectivity index is 1.34. The first-order valence-corrected chi connectivity index (χ1v) is 15.6. The molecule has 0 radical (unpaired) electrons. The molecule has 46 heavy (non-hydrogen) atoms. The number of phenols is 1. The highest BCUT2D eigenvalue weighted by atomic mass is 16.3. The Bertz CT molecular complexity index is 2550. The summed E-state index contributed by atoms with van der Waals surface area (Å²) in [6.45, 7) is 8.83. The largest absolute Gasteiger partial charge is 0.507 e. The van der Waals surface area contributed by atoms with Crippen LogP contribution in [-0.4, -0.2) is 14.2 Å². The smallest absolute Gasteiger partial charge is 0.123 e. The molecule has 6 aromatic carbocycles. The van der Waals surface area contributed by atoms with Gasteiger partial charge in [-0.25, -0.2) is 0 Å². The maximum atomic E-state index is 11.3. The topological polar surface area (TPSA) is 53.9 Å². The van der Waals surface area contributed by atoms with E-state index in [0.717, 1.165) is 60.9 Å². The Morgan fingerprint density at radius 3 is 1.74 bits per heavy atom. The molecule has 0 fully saturated rings. The van der Waals surface area contributed by atoms with Crippen LogP contribution in [0.3, 0.4) is 0 Å². The van der Waals surface area contributed by atoms with Gasteiger partial charge in [-0.1, -0.05) is 69.3 Å². The van der Waals surface area contributed by atoms with E-state index in [0.29, 0.717) is 5.56 Å². The number of para-hydroxylation sites is 2.